The summed E-state index contributed by atoms with van der Waals surface area (Å²) in [4.78, 5) is 7.28. The molecular weight excluding hydrogens is 352 g/mol. The van der Waals surface area contributed by atoms with Crippen molar-refractivity contribution in [1.29, 1.82) is 0 Å². The van der Waals surface area contributed by atoms with E-state index in [2.05, 4.69) is 69.6 Å². The van der Waals surface area contributed by atoms with Crippen LogP contribution in [0.5, 0.6) is 0 Å². The Morgan fingerprint density at radius 2 is 2.26 bits per heavy atom. The van der Waals surface area contributed by atoms with Gasteiger partial charge in [0.15, 0.2) is 5.96 Å². The lowest BCUT2D eigenvalue weighted by molar-refractivity contribution is 0.598. The van der Waals surface area contributed by atoms with E-state index >= 15 is 0 Å². The summed E-state index contributed by atoms with van der Waals surface area (Å²) in [5, 5.41) is 6.90. The first kappa shape index (κ1) is 16.6. The minimum absolute atomic E-state index is 0.620. The normalized spacial score (nSPS) is 27.2. The van der Waals surface area contributed by atoms with Crippen LogP contribution in [-0.4, -0.2) is 38.2 Å². The van der Waals surface area contributed by atoms with Gasteiger partial charge in [-0.15, -0.1) is 0 Å². The van der Waals surface area contributed by atoms with Crippen molar-refractivity contribution in [3.63, 3.8) is 0 Å². The third-order valence-corrected chi connectivity index (χ3v) is 5.24. The molecule has 3 rings (SSSR count). The Morgan fingerprint density at radius 1 is 1.43 bits per heavy atom. The van der Waals surface area contributed by atoms with Crippen molar-refractivity contribution in [2.24, 2.45) is 16.8 Å². The molecule has 0 spiro atoms. The molecule has 0 bridgehead atoms. The summed E-state index contributed by atoms with van der Waals surface area (Å²) in [5.74, 6) is 2.42. The maximum Gasteiger partial charge on any atom is 0.191 e. The van der Waals surface area contributed by atoms with Gasteiger partial charge in [0.05, 0.1) is 0 Å². The number of halogens is 1. The lowest BCUT2D eigenvalue weighted by Gasteiger charge is -2.19. The maximum absolute atomic E-state index is 4.81. The summed E-state index contributed by atoms with van der Waals surface area (Å²) < 4.78 is 1.15. The molecule has 5 heteroatoms. The first-order valence-electron chi connectivity index (χ1n) is 8.71. The first-order valence-corrected chi connectivity index (χ1v) is 9.50. The number of rotatable bonds is 5. The Balaban J connectivity index is 1.53. The molecule has 0 aromatic heterocycles. The van der Waals surface area contributed by atoms with Gasteiger partial charge in [0.25, 0.3) is 0 Å². The van der Waals surface area contributed by atoms with Gasteiger partial charge in [-0.2, -0.15) is 0 Å². The number of benzene rings is 1. The predicted octanol–water partition coefficient (Wildman–Crippen LogP) is 3.24. The summed E-state index contributed by atoms with van der Waals surface area (Å²) in [6.45, 7) is 8.45. The van der Waals surface area contributed by atoms with Gasteiger partial charge >= 0.3 is 0 Å². The van der Waals surface area contributed by atoms with Crippen molar-refractivity contribution in [3.8, 4) is 0 Å². The van der Waals surface area contributed by atoms with Gasteiger partial charge in [-0.1, -0.05) is 28.9 Å². The molecular formula is C18H27BrN4. The van der Waals surface area contributed by atoms with Crippen LogP contribution in [0.3, 0.4) is 0 Å². The quantitative estimate of drug-likeness (QED) is 0.610. The van der Waals surface area contributed by atoms with E-state index in [-0.39, 0.29) is 0 Å². The Kier molecular flexibility index (Phi) is 5.46. The zero-order chi connectivity index (χ0) is 16.2. The Labute approximate surface area is 147 Å². The Morgan fingerprint density at radius 3 is 2.96 bits per heavy atom. The molecule has 3 atom stereocenters. The first-order chi connectivity index (χ1) is 11.2. The molecule has 1 heterocycles. The minimum Gasteiger partial charge on any atom is -0.371 e. The van der Waals surface area contributed by atoms with Crippen LogP contribution in [0.15, 0.2) is 33.7 Å². The van der Waals surface area contributed by atoms with Crippen molar-refractivity contribution in [2.45, 2.75) is 32.7 Å². The van der Waals surface area contributed by atoms with Gasteiger partial charge in [0, 0.05) is 42.4 Å². The highest BCUT2D eigenvalue weighted by molar-refractivity contribution is 9.10. The smallest absolute Gasteiger partial charge is 0.191 e. The molecule has 1 aromatic rings. The van der Waals surface area contributed by atoms with Crippen LogP contribution in [0, 0.1) is 11.8 Å². The van der Waals surface area contributed by atoms with E-state index in [9.17, 15) is 0 Å². The molecule has 3 unspecified atom stereocenters. The summed E-state index contributed by atoms with van der Waals surface area (Å²) in [6.07, 6.45) is 2.49. The highest BCUT2D eigenvalue weighted by Crippen LogP contribution is 2.29. The number of anilines is 1. The maximum atomic E-state index is 4.81. The average molecular weight is 379 g/mol. The van der Waals surface area contributed by atoms with Crippen LogP contribution >= 0.6 is 15.9 Å². The van der Waals surface area contributed by atoms with Crippen LogP contribution in [0.1, 0.15) is 26.7 Å². The second kappa shape index (κ2) is 7.56. The lowest BCUT2D eigenvalue weighted by Crippen LogP contribution is -2.39. The second-order valence-electron chi connectivity index (χ2n) is 6.76. The summed E-state index contributed by atoms with van der Waals surface area (Å²) in [7, 11) is 0. The van der Waals surface area contributed by atoms with Gasteiger partial charge in [0.2, 0.25) is 0 Å². The summed E-state index contributed by atoms with van der Waals surface area (Å²) in [5.41, 5.74) is 1.31. The van der Waals surface area contributed by atoms with Gasteiger partial charge in [-0.3, -0.25) is 4.99 Å². The third kappa shape index (κ3) is 4.63. The fraction of sp³-hybridized carbons (Fsp3) is 0.611. The number of nitrogens with zero attached hydrogens (tertiary/aromatic N) is 2. The number of aliphatic imine (C=N–C) groups is 1. The molecule has 1 saturated heterocycles. The van der Waals surface area contributed by atoms with Crippen molar-refractivity contribution < 1.29 is 0 Å². The van der Waals surface area contributed by atoms with Crippen molar-refractivity contribution in [2.75, 3.05) is 31.1 Å². The Hall–Kier alpha value is -1.23. The fourth-order valence-electron chi connectivity index (χ4n) is 3.13. The monoisotopic (exact) mass is 378 g/mol. The third-order valence-electron chi connectivity index (χ3n) is 4.74. The minimum atomic E-state index is 0.620. The van der Waals surface area contributed by atoms with E-state index in [1.165, 1.54) is 18.5 Å². The van der Waals surface area contributed by atoms with E-state index in [0.29, 0.717) is 12.0 Å². The molecule has 0 amide bonds. The number of hydrogen-bond donors (Lipinski definition) is 2. The second-order valence-corrected chi connectivity index (χ2v) is 7.68. The standard InChI is InChI=1S/C18H27BrN4/c1-3-20-18(22-17-9-13(17)2)21-11-14-7-8-23(12-14)16-6-4-5-15(19)10-16/h4-6,10,13-14,17H,3,7-9,11-12H2,1-2H3,(H2,20,21,22). The van der Waals surface area contributed by atoms with Gasteiger partial charge in [-0.25, -0.2) is 0 Å². The molecule has 1 aliphatic carbocycles. The van der Waals surface area contributed by atoms with Crippen LogP contribution in [0.2, 0.25) is 0 Å². The molecule has 126 valence electrons. The highest BCUT2D eigenvalue weighted by atomic mass is 79.9. The highest BCUT2D eigenvalue weighted by Gasteiger charge is 2.33. The molecule has 0 radical (unpaired) electrons. The van der Waals surface area contributed by atoms with Gasteiger partial charge in [-0.05, 0) is 49.8 Å². The van der Waals surface area contributed by atoms with Crippen LogP contribution < -0.4 is 15.5 Å². The largest absolute Gasteiger partial charge is 0.371 e. The van der Waals surface area contributed by atoms with Crippen molar-refractivity contribution in [3.05, 3.63) is 28.7 Å². The average Bonchev–Trinajstić information content (AvgIpc) is 3.03. The predicted molar refractivity (Wildman–Crippen MR) is 101 cm³/mol. The van der Waals surface area contributed by atoms with E-state index in [0.717, 1.165) is 42.5 Å². The molecule has 2 aliphatic rings. The molecule has 1 saturated carbocycles. The SMILES string of the molecule is CCNC(=NCC1CCN(c2cccc(Br)c2)C1)NC1CC1C. The molecule has 2 N–H and O–H groups in total. The summed E-state index contributed by atoms with van der Waals surface area (Å²) in [6, 6.07) is 9.20. The topological polar surface area (TPSA) is 39.7 Å². The molecule has 4 nitrogen and oxygen atoms in total. The van der Waals surface area contributed by atoms with Crippen LogP contribution in [0.25, 0.3) is 0 Å². The van der Waals surface area contributed by atoms with E-state index < -0.39 is 0 Å². The molecule has 23 heavy (non-hydrogen) atoms. The molecule has 2 fully saturated rings. The van der Waals surface area contributed by atoms with Crippen LogP contribution in [-0.2, 0) is 0 Å². The zero-order valence-corrected chi connectivity index (χ0v) is 15.6. The van der Waals surface area contributed by atoms with Crippen molar-refractivity contribution in [1.82, 2.24) is 10.6 Å². The Bertz CT molecular complexity index is 560. The van der Waals surface area contributed by atoms with Gasteiger partial charge < -0.3 is 15.5 Å². The van der Waals surface area contributed by atoms with Gasteiger partial charge in [0.1, 0.15) is 0 Å². The number of nitrogens with one attached hydrogen (secondary N) is 2. The molecule has 1 aliphatic heterocycles. The molecule has 1 aromatic carbocycles. The number of hydrogen-bond acceptors (Lipinski definition) is 2. The van der Waals surface area contributed by atoms with Crippen LogP contribution in [0.4, 0.5) is 5.69 Å². The van der Waals surface area contributed by atoms with Crippen molar-refractivity contribution >= 4 is 27.6 Å². The summed E-state index contributed by atoms with van der Waals surface area (Å²) >= 11 is 3.56. The lowest BCUT2D eigenvalue weighted by atomic mass is 10.1. The number of guanidine groups is 1. The van der Waals surface area contributed by atoms with E-state index in [4.69, 9.17) is 4.99 Å². The van der Waals surface area contributed by atoms with E-state index in [1.807, 2.05) is 0 Å². The fourth-order valence-corrected chi connectivity index (χ4v) is 3.52. The van der Waals surface area contributed by atoms with E-state index in [1.54, 1.807) is 0 Å². The zero-order valence-electron chi connectivity index (χ0n) is 14.1.